The molecule has 0 aliphatic carbocycles. The molecule has 3 aromatic rings. The monoisotopic (exact) mass is 337 g/mol. The van der Waals surface area contributed by atoms with Crippen molar-refractivity contribution < 1.29 is 14.7 Å². The average Bonchev–Trinajstić information content (AvgIpc) is 2.96. The van der Waals surface area contributed by atoms with Crippen LogP contribution in [0.1, 0.15) is 16.8 Å². The molecule has 1 unspecified atom stereocenters. The first-order valence-electron chi connectivity index (χ1n) is 8.01. The quantitative estimate of drug-likeness (QED) is 0.720. The van der Waals surface area contributed by atoms with Crippen LogP contribution in [0.4, 0.5) is 0 Å². The van der Waals surface area contributed by atoms with Crippen molar-refractivity contribution in [2.75, 3.05) is 0 Å². The fraction of sp³-hybridized carbons (Fsp3) is 0.211. The van der Waals surface area contributed by atoms with Gasteiger partial charge in [0.2, 0.25) is 5.91 Å². The third-order valence-corrected chi connectivity index (χ3v) is 3.92. The van der Waals surface area contributed by atoms with Gasteiger partial charge in [-0.3, -0.25) is 4.79 Å². The zero-order valence-corrected chi connectivity index (χ0v) is 13.8. The van der Waals surface area contributed by atoms with Crippen LogP contribution in [0.3, 0.4) is 0 Å². The molecular formula is C19H19N3O3. The minimum atomic E-state index is -1.05. The number of nitrogens with zero attached hydrogens (tertiary/aromatic N) is 2. The Labute approximate surface area is 145 Å². The number of pyridine rings is 1. The number of carbonyl (C=O) groups is 2. The van der Waals surface area contributed by atoms with Crippen LogP contribution in [0, 0.1) is 6.92 Å². The largest absolute Gasteiger partial charge is 0.480 e. The minimum absolute atomic E-state index is 0.0410. The molecule has 6 nitrogen and oxygen atoms in total. The molecule has 0 aliphatic heterocycles. The van der Waals surface area contributed by atoms with Crippen LogP contribution in [0.2, 0.25) is 0 Å². The highest BCUT2D eigenvalue weighted by Crippen LogP contribution is 2.09. The lowest BCUT2D eigenvalue weighted by Gasteiger charge is -2.14. The predicted molar refractivity (Wildman–Crippen MR) is 93.3 cm³/mol. The normalized spacial score (nSPS) is 12.0. The molecule has 2 aromatic heterocycles. The van der Waals surface area contributed by atoms with E-state index in [4.69, 9.17) is 0 Å². The van der Waals surface area contributed by atoms with Gasteiger partial charge in [-0.05, 0) is 30.2 Å². The molecule has 2 N–H and O–H groups in total. The molecule has 0 spiro atoms. The Bertz CT molecular complexity index is 903. The molecule has 0 aliphatic rings. The maximum atomic E-state index is 12.2. The summed E-state index contributed by atoms with van der Waals surface area (Å²) in [5.74, 6) is -1.41. The number of hydrogen-bond acceptors (Lipinski definition) is 3. The van der Waals surface area contributed by atoms with E-state index in [0.717, 1.165) is 16.8 Å². The standard InChI is InChI=1S/C19H19N3O3/c1-13-7-8-22-12-15(20-17(22)9-13)11-18(23)21-16(19(24)25)10-14-5-3-2-4-6-14/h2-9,12,16H,10-11H2,1H3,(H,21,23)(H,24,25). The third kappa shape index (κ3) is 4.23. The second kappa shape index (κ2) is 7.17. The summed E-state index contributed by atoms with van der Waals surface area (Å²) in [6.07, 6.45) is 3.95. The van der Waals surface area contributed by atoms with Gasteiger partial charge >= 0.3 is 5.97 Å². The second-order valence-corrected chi connectivity index (χ2v) is 6.03. The summed E-state index contributed by atoms with van der Waals surface area (Å²) in [7, 11) is 0. The van der Waals surface area contributed by atoms with Gasteiger partial charge < -0.3 is 14.8 Å². The van der Waals surface area contributed by atoms with Crippen molar-refractivity contribution in [3.05, 3.63) is 71.7 Å². The van der Waals surface area contributed by atoms with E-state index in [9.17, 15) is 14.7 Å². The lowest BCUT2D eigenvalue weighted by molar-refractivity contribution is -0.141. The maximum Gasteiger partial charge on any atom is 0.326 e. The highest BCUT2D eigenvalue weighted by molar-refractivity contribution is 5.84. The smallest absolute Gasteiger partial charge is 0.326 e. The first-order valence-corrected chi connectivity index (χ1v) is 8.01. The molecule has 0 radical (unpaired) electrons. The van der Waals surface area contributed by atoms with Gasteiger partial charge in [-0.2, -0.15) is 0 Å². The van der Waals surface area contributed by atoms with Crippen molar-refractivity contribution in [3.8, 4) is 0 Å². The fourth-order valence-electron chi connectivity index (χ4n) is 2.68. The van der Waals surface area contributed by atoms with Crippen LogP contribution in [0.25, 0.3) is 5.65 Å². The van der Waals surface area contributed by atoms with Crippen molar-refractivity contribution in [1.82, 2.24) is 14.7 Å². The van der Waals surface area contributed by atoms with E-state index in [-0.39, 0.29) is 18.7 Å². The number of aliphatic carboxylic acids is 1. The van der Waals surface area contributed by atoms with Crippen molar-refractivity contribution in [2.24, 2.45) is 0 Å². The maximum absolute atomic E-state index is 12.2. The van der Waals surface area contributed by atoms with Crippen LogP contribution in [0.15, 0.2) is 54.9 Å². The van der Waals surface area contributed by atoms with Crippen LogP contribution >= 0.6 is 0 Å². The van der Waals surface area contributed by atoms with Gasteiger partial charge in [0.25, 0.3) is 0 Å². The molecule has 0 saturated carbocycles. The summed E-state index contributed by atoms with van der Waals surface area (Å²) < 4.78 is 1.84. The van der Waals surface area contributed by atoms with E-state index in [1.165, 1.54) is 0 Å². The molecule has 0 fully saturated rings. The summed E-state index contributed by atoms with van der Waals surface area (Å²) in [6, 6.07) is 12.1. The van der Waals surface area contributed by atoms with Crippen LogP contribution < -0.4 is 5.32 Å². The molecule has 1 amide bonds. The summed E-state index contributed by atoms with van der Waals surface area (Å²) in [5, 5.41) is 11.9. The highest BCUT2D eigenvalue weighted by Gasteiger charge is 2.21. The fourth-order valence-corrected chi connectivity index (χ4v) is 2.68. The molecular weight excluding hydrogens is 318 g/mol. The van der Waals surface area contributed by atoms with Gasteiger partial charge in [0.1, 0.15) is 11.7 Å². The number of nitrogens with one attached hydrogen (secondary N) is 1. The first-order chi connectivity index (χ1) is 12.0. The Morgan fingerprint density at radius 1 is 1.24 bits per heavy atom. The SMILES string of the molecule is Cc1ccn2cc(CC(=O)NC(Cc3ccccc3)C(=O)O)nc2c1. The van der Waals surface area contributed by atoms with Crippen LogP contribution in [-0.2, 0) is 22.4 Å². The highest BCUT2D eigenvalue weighted by atomic mass is 16.4. The van der Waals surface area contributed by atoms with E-state index in [1.807, 2.05) is 60.0 Å². The van der Waals surface area contributed by atoms with Crippen LogP contribution in [-0.4, -0.2) is 32.4 Å². The predicted octanol–water partition coefficient (Wildman–Crippen LogP) is 2.00. The number of imidazole rings is 1. The van der Waals surface area contributed by atoms with E-state index in [1.54, 1.807) is 6.20 Å². The minimum Gasteiger partial charge on any atom is -0.480 e. The molecule has 128 valence electrons. The zero-order chi connectivity index (χ0) is 17.8. The average molecular weight is 337 g/mol. The van der Waals surface area contributed by atoms with E-state index in [0.29, 0.717) is 5.69 Å². The van der Waals surface area contributed by atoms with E-state index < -0.39 is 12.0 Å². The summed E-state index contributed by atoms with van der Waals surface area (Å²) in [5.41, 5.74) is 3.31. The molecule has 0 saturated heterocycles. The Kier molecular flexibility index (Phi) is 4.79. The Morgan fingerprint density at radius 2 is 2.00 bits per heavy atom. The molecule has 3 rings (SSSR count). The molecule has 6 heteroatoms. The third-order valence-electron chi connectivity index (χ3n) is 3.92. The Hall–Kier alpha value is -3.15. The number of carboxylic acids is 1. The van der Waals surface area contributed by atoms with Gasteiger partial charge in [0, 0.05) is 18.8 Å². The molecule has 0 bridgehead atoms. The number of carboxylic acid groups (broad SMARTS) is 1. The number of amides is 1. The Morgan fingerprint density at radius 3 is 2.72 bits per heavy atom. The van der Waals surface area contributed by atoms with E-state index >= 15 is 0 Å². The van der Waals surface area contributed by atoms with Gasteiger partial charge in [-0.1, -0.05) is 30.3 Å². The number of fused-ring (bicyclic) bond motifs is 1. The number of benzene rings is 1. The number of aromatic nitrogens is 2. The lowest BCUT2D eigenvalue weighted by Crippen LogP contribution is -2.43. The lowest BCUT2D eigenvalue weighted by atomic mass is 10.1. The van der Waals surface area contributed by atoms with Gasteiger partial charge in [-0.15, -0.1) is 0 Å². The molecule has 2 heterocycles. The summed E-state index contributed by atoms with van der Waals surface area (Å²) in [4.78, 5) is 28.1. The van der Waals surface area contributed by atoms with Crippen molar-refractivity contribution in [1.29, 1.82) is 0 Å². The van der Waals surface area contributed by atoms with Crippen molar-refractivity contribution >= 4 is 17.5 Å². The van der Waals surface area contributed by atoms with Crippen molar-refractivity contribution in [2.45, 2.75) is 25.8 Å². The first kappa shape index (κ1) is 16.7. The number of rotatable bonds is 6. The molecule has 25 heavy (non-hydrogen) atoms. The van der Waals surface area contributed by atoms with E-state index in [2.05, 4.69) is 10.3 Å². The topological polar surface area (TPSA) is 83.7 Å². The summed E-state index contributed by atoms with van der Waals surface area (Å²) in [6.45, 7) is 1.97. The van der Waals surface area contributed by atoms with Crippen LogP contribution in [0.5, 0.6) is 0 Å². The second-order valence-electron chi connectivity index (χ2n) is 6.03. The van der Waals surface area contributed by atoms with Crippen molar-refractivity contribution in [3.63, 3.8) is 0 Å². The Balaban J connectivity index is 1.67. The number of carbonyl (C=O) groups excluding carboxylic acids is 1. The summed E-state index contributed by atoms with van der Waals surface area (Å²) >= 11 is 0. The molecule has 1 aromatic carbocycles. The number of hydrogen-bond donors (Lipinski definition) is 2. The van der Waals surface area contributed by atoms with Gasteiger partial charge in [-0.25, -0.2) is 9.78 Å². The zero-order valence-electron chi connectivity index (χ0n) is 13.8. The number of aryl methyl sites for hydroxylation is 1. The van der Waals surface area contributed by atoms with Gasteiger partial charge in [0.05, 0.1) is 12.1 Å². The van der Waals surface area contributed by atoms with Gasteiger partial charge in [0.15, 0.2) is 0 Å². The molecule has 1 atom stereocenters.